The summed E-state index contributed by atoms with van der Waals surface area (Å²) in [6.45, 7) is 4.62. The van der Waals surface area contributed by atoms with Crippen LogP contribution >= 0.6 is 0 Å². The molecule has 1 saturated heterocycles. The Morgan fingerprint density at radius 2 is 1.83 bits per heavy atom. The third-order valence-electron chi connectivity index (χ3n) is 5.76. The summed E-state index contributed by atoms with van der Waals surface area (Å²) < 4.78 is 39.5. The van der Waals surface area contributed by atoms with Gasteiger partial charge in [0.2, 0.25) is 0 Å². The number of hydrogen-bond donors (Lipinski definition) is 1. The Labute approximate surface area is 142 Å². The average molecular weight is 349 g/mol. The zero-order valence-corrected chi connectivity index (χ0v) is 15.2. The lowest BCUT2D eigenvalue weighted by Crippen LogP contribution is -2.54. The van der Waals surface area contributed by atoms with Gasteiger partial charge in [-0.3, -0.25) is 0 Å². The molecule has 1 aliphatic carbocycles. The SMILES string of the molecule is CN(C)CC1(CNC(=O)N2CCC(C(F)(F)F)C2(C)C)CCCC1. The van der Waals surface area contributed by atoms with Crippen molar-refractivity contribution in [1.82, 2.24) is 15.1 Å². The van der Waals surface area contributed by atoms with E-state index in [1.807, 2.05) is 14.1 Å². The van der Waals surface area contributed by atoms with Crippen molar-refractivity contribution in [2.75, 3.05) is 33.7 Å². The van der Waals surface area contributed by atoms with Crippen molar-refractivity contribution in [3.05, 3.63) is 0 Å². The van der Waals surface area contributed by atoms with Gasteiger partial charge in [0, 0.05) is 25.0 Å². The Bertz CT molecular complexity index is 456. The van der Waals surface area contributed by atoms with Gasteiger partial charge in [-0.1, -0.05) is 12.8 Å². The van der Waals surface area contributed by atoms with Crippen LogP contribution in [0.25, 0.3) is 0 Å². The van der Waals surface area contributed by atoms with E-state index in [-0.39, 0.29) is 24.4 Å². The molecule has 0 aromatic carbocycles. The number of carbonyl (C=O) groups excluding carboxylic acids is 1. The summed E-state index contributed by atoms with van der Waals surface area (Å²) in [4.78, 5) is 16.0. The second-order valence-corrected chi connectivity index (χ2v) is 8.29. The minimum atomic E-state index is -4.27. The predicted molar refractivity (Wildman–Crippen MR) is 87.8 cm³/mol. The quantitative estimate of drug-likeness (QED) is 0.843. The highest BCUT2D eigenvalue weighted by Gasteiger charge is 2.56. The highest BCUT2D eigenvalue weighted by molar-refractivity contribution is 5.75. The van der Waals surface area contributed by atoms with Gasteiger partial charge in [0.05, 0.1) is 11.5 Å². The lowest BCUT2D eigenvalue weighted by atomic mass is 9.85. The summed E-state index contributed by atoms with van der Waals surface area (Å²) in [7, 11) is 4.03. The fourth-order valence-corrected chi connectivity index (χ4v) is 4.56. The van der Waals surface area contributed by atoms with E-state index in [0.29, 0.717) is 6.54 Å². The molecule has 24 heavy (non-hydrogen) atoms. The maximum atomic E-state index is 13.2. The van der Waals surface area contributed by atoms with E-state index < -0.39 is 17.6 Å². The molecular formula is C17H30F3N3O. The van der Waals surface area contributed by atoms with Gasteiger partial charge in [-0.25, -0.2) is 4.79 Å². The highest BCUT2D eigenvalue weighted by atomic mass is 19.4. The third kappa shape index (κ3) is 3.98. The first-order valence-corrected chi connectivity index (χ1v) is 8.75. The third-order valence-corrected chi connectivity index (χ3v) is 5.76. The Hall–Kier alpha value is -0.980. The van der Waals surface area contributed by atoms with E-state index in [1.54, 1.807) is 0 Å². The average Bonchev–Trinajstić information content (AvgIpc) is 2.99. The van der Waals surface area contributed by atoms with Gasteiger partial charge in [0.15, 0.2) is 0 Å². The molecule has 4 nitrogen and oxygen atoms in total. The molecule has 1 atom stereocenters. The summed E-state index contributed by atoms with van der Waals surface area (Å²) in [6.07, 6.45) is 0.118. The van der Waals surface area contributed by atoms with Crippen LogP contribution in [0.1, 0.15) is 46.0 Å². The fraction of sp³-hybridized carbons (Fsp3) is 0.941. The number of carbonyl (C=O) groups is 1. The molecule has 7 heteroatoms. The van der Waals surface area contributed by atoms with Crippen LogP contribution in [0.4, 0.5) is 18.0 Å². The Kier molecular flexibility index (Phi) is 5.43. The number of alkyl halides is 3. The molecule has 0 aromatic rings. The van der Waals surface area contributed by atoms with Gasteiger partial charge >= 0.3 is 12.2 Å². The number of urea groups is 1. The zero-order valence-electron chi connectivity index (χ0n) is 15.2. The topological polar surface area (TPSA) is 35.6 Å². The zero-order chi connectivity index (χ0) is 18.2. The molecule has 2 amide bonds. The Morgan fingerprint density at radius 3 is 2.29 bits per heavy atom. The molecular weight excluding hydrogens is 319 g/mol. The first-order valence-electron chi connectivity index (χ1n) is 8.75. The predicted octanol–water partition coefficient (Wildman–Crippen LogP) is 3.48. The minimum Gasteiger partial charge on any atom is -0.337 e. The summed E-state index contributed by atoms with van der Waals surface area (Å²) >= 11 is 0. The molecule has 2 rings (SSSR count). The van der Waals surface area contributed by atoms with Crippen molar-refractivity contribution in [2.45, 2.75) is 57.7 Å². The molecule has 1 heterocycles. The molecule has 0 spiro atoms. The number of amides is 2. The Balaban J connectivity index is 2.00. The maximum Gasteiger partial charge on any atom is 0.394 e. The van der Waals surface area contributed by atoms with E-state index in [2.05, 4.69) is 10.2 Å². The maximum absolute atomic E-state index is 13.2. The van der Waals surface area contributed by atoms with Gasteiger partial charge < -0.3 is 15.1 Å². The van der Waals surface area contributed by atoms with Crippen LogP contribution in [0.5, 0.6) is 0 Å². The van der Waals surface area contributed by atoms with Crippen LogP contribution in [0.2, 0.25) is 0 Å². The Morgan fingerprint density at radius 1 is 1.25 bits per heavy atom. The van der Waals surface area contributed by atoms with Crippen molar-refractivity contribution < 1.29 is 18.0 Å². The van der Waals surface area contributed by atoms with Crippen LogP contribution in [0.3, 0.4) is 0 Å². The summed E-state index contributed by atoms with van der Waals surface area (Å²) in [5, 5.41) is 2.93. The normalized spacial score (nSPS) is 26.2. The van der Waals surface area contributed by atoms with Gasteiger partial charge in [-0.2, -0.15) is 13.2 Å². The first-order chi connectivity index (χ1) is 11.0. The number of rotatable bonds is 4. The van der Waals surface area contributed by atoms with Crippen molar-refractivity contribution in [3.63, 3.8) is 0 Å². The van der Waals surface area contributed by atoms with E-state index in [4.69, 9.17) is 0 Å². The molecule has 2 aliphatic rings. The molecule has 0 bridgehead atoms. The van der Waals surface area contributed by atoms with Gasteiger partial charge in [0.25, 0.3) is 0 Å². The second kappa shape index (κ2) is 6.73. The molecule has 0 radical (unpaired) electrons. The lowest BCUT2D eigenvalue weighted by molar-refractivity contribution is -0.189. The number of halogens is 3. The number of likely N-dealkylation sites (tertiary alicyclic amines) is 1. The van der Waals surface area contributed by atoms with E-state index in [1.165, 1.54) is 18.7 Å². The van der Waals surface area contributed by atoms with Crippen molar-refractivity contribution in [3.8, 4) is 0 Å². The lowest BCUT2D eigenvalue weighted by Gasteiger charge is -2.38. The summed E-state index contributed by atoms with van der Waals surface area (Å²) in [5.74, 6) is -1.46. The van der Waals surface area contributed by atoms with Gasteiger partial charge in [0.1, 0.15) is 0 Å². The molecule has 1 N–H and O–H groups in total. The van der Waals surface area contributed by atoms with Crippen molar-refractivity contribution in [2.24, 2.45) is 11.3 Å². The van der Waals surface area contributed by atoms with Gasteiger partial charge in [-0.15, -0.1) is 0 Å². The van der Waals surface area contributed by atoms with Crippen molar-refractivity contribution in [1.29, 1.82) is 0 Å². The molecule has 1 saturated carbocycles. The summed E-state index contributed by atoms with van der Waals surface area (Å²) in [6, 6.07) is -0.364. The fourth-order valence-electron chi connectivity index (χ4n) is 4.56. The smallest absolute Gasteiger partial charge is 0.337 e. The highest BCUT2D eigenvalue weighted by Crippen LogP contribution is 2.45. The van der Waals surface area contributed by atoms with Crippen LogP contribution in [0, 0.1) is 11.3 Å². The van der Waals surface area contributed by atoms with Crippen LogP contribution < -0.4 is 5.32 Å². The summed E-state index contributed by atoms with van der Waals surface area (Å²) in [5.41, 5.74) is -1.15. The van der Waals surface area contributed by atoms with Gasteiger partial charge in [-0.05, 0) is 47.2 Å². The van der Waals surface area contributed by atoms with Crippen LogP contribution in [-0.2, 0) is 0 Å². The van der Waals surface area contributed by atoms with E-state index in [0.717, 1.165) is 32.2 Å². The largest absolute Gasteiger partial charge is 0.394 e. The monoisotopic (exact) mass is 349 g/mol. The minimum absolute atomic E-state index is 0.0211. The van der Waals surface area contributed by atoms with Crippen molar-refractivity contribution >= 4 is 6.03 Å². The first kappa shape index (κ1) is 19.3. The molecule has 140 valence electrons. The standard InChI is InChI=1S/C17H30F3N3O/c1-15(2)13(17(18,19)20)7-10-23(15)14(24)21-11-16(12-22(3)4)8-5-6-9-16/h13H,5-12H2,1-4H3,(H,21,24). The molecule has 2 fully saturated rings. The number of nitrogens with zero attached hydrogens (tertiary/aromatic N) is 2. The number of nitrogens with one attached hydrogen (secondary N) is 1. The number of hydrogen-bond acceptors (Lipinski definition) is 2. The molecule has 1 aliphatic heterocycles. The molecule has 1 unspecified atom stereocenters. The van der Waals surface area contributed by atoms with E-state index >= 15 is 0 Å². The second-order valence-electron chi connectivity index (χ2n) is 8.29. The molecule has 0 aromatic heterocycles. The van der Waals surface area contributed by atoms with Crippen LogP contribution in [0.15, 0.2) is 0 Å². The van der Waals surface area contributed by atoms with Crippen LogP contribution in [-0.4, -0.2) is 61.3 Å². The van der Waals surface area contributed by atoms with E-state index in [9.17, 15) is 18.0 Å².